The van der Waals surface area contributed by atoms with Gasteiger partial charge in [0.1, 0.15) is 17.1 Å². The maximum absolute atomic E-state index is 12.4. The lowest BCUT2D eigenvalue weighted by atomic mass is 9.94. The van der Waals surface area contributed by atoms with Gasteiger partial charge in [-0.2, -0.15) is 0 Å². The molecule has 0 saturated carbocycles. The molecule has 4 rings (SSSR count). The zero-order valence-corrected chi connectivity index (χ0v) is 14.3. The number of carbonyl (C=O) groups excluding carboxylic acids is 2. The van der Waals surface area contributed by atoms with Crippen LogP contribution in [0.2, 0.25) is 0 Å². The van der Waals surface area contributed by atoms with Crippen LogP contribution in [-0.2, 0) is 12.8 Å². The van der Waals surface area contributed by atoms with Crippen LogP contribution in [0.5, 0.6) is 5.75 Å². The summed E-state index contributed by atoms with van der Waals surface area (Å²) in [6, 6.07) is 8.32. The van der Waals surface area contributed by atoms with Gasteiger partial charge in [0.2, 0.25) is 0 Å². The van der Waals surface area contributed by atoms with E-state index in [9.17, 15) is 19.7 Å². The molecule has 0 unspecified atom stereocenters. The molecule has 136 valence electrons. The molecular weight excluding hydrogens is 350 g/mol. The van der Waals surface area contributed by atoms with Gasteiger partial charge in [-0.15, -0.1) is 0 Å². The van der Waals surface area contributed by atoms with Crippen LogP contribution < -0.4 is 4.74 Å². The number of hydrogen-bond acceptors (Lipinski definition) is 6. The molecule has 0 spiro atoms. The highest BCUT2D eigenvalue weighted by Gasteiger charge is 2.23. The van der Waals surface area contributed by atoms with Gasteiger partial charge in [-0.1, -0.05) is 0 Å². The zero-order valence-electron chi connectivity index (χ0n) is 14.3. The van der Waals surface area contributed by atoms with Crippen LogP contribution in [0.15, 0.2) is 40.8 Å². The summed E-state index contributed by atoms with van der Waals surface area (Å²) in [6.07, 6.45) is 4.40. The third-order valence-corrected chi connectivity index (χ3v) is 4.75. The van der Waals surface area contributed by atoms with Crippen molar-refractivity contribution in [2.75, 3.05) is 0 Å². The van der Waals surface area contributed by atoms with E-state index in [1.54, 1.807) is 6.07 Å². The molecule has 7 heteroatoms. The number of nitrogens with zero attached hydrogens (tertiary/aromatic N) is 1. The fourth-order valence-electron chi connectivity index (χ4n) is 3.45. The van der Waals surface area contributed by atoms with Crippen LogP contribution in [0.25, 0.3) is 11.0 Å². The minimum atomic E-state index is -0.690. The van der Waals surface area contributed by atoms with Crippen molar-refractivity contribution in [3.8, 4) is 5.75 Å². The molecule has 2 aromatic carbocycles. The molecule has 0 amide bonds. The second kappa shape index (κ2) is 6.68. The number of furan rings is 1. The molecule has 1 aliphatic carbocycles. The third kappa shape index (κ3) is 2.97. The van der Waals surface area contributed by atoms with E-state index in [1.165, 1.54) is 30.3 Å². The van der Waals surface area contributed by atoms with E-state index >= 15 is 0 Å². The number of aldehydes is 1. The minimum Gasteiger partial charge on any atom is -0.461 e. The molecule has 3 aromatic rings. The lowest BCUT2D eigenvalue weighted by Crippen LogP contribution is -2.10. The van der Waals surface area contributed by atoms with Gasteiger partial charge in [0.05, 0.1) is 16.1 Å². The molecular formula is C20H15NO6. The first-order valence-electron chi connectivity index (χ1n) is 8.57. The van der Waals surface area contributed by atoms with E-state index < -0.39 is 10.9 Å². The van der Waals surface area contributed by atoms with Crippen LogP contribution in [0.4, 0.5) is 5.69 Å². The Balaban J connectivity index is 1.70. The molecule has 0 atom stereocenters. The molecule has 1 heterocycles. The van der Waals surface area contributed by atoms with Crippen molar-refractivity contribution in [2.24, 2.45) is 0 Å². The number of ether oxygens (including phenoxy) is 1. The molecule has 0 saturated heterocycles. The van der Waals surface area contributed by atoms with Gasteiger partial charge in [0.25, 0.3) is 5.69 Å². The first-order chi connectivity index (χ1) is 13.1. The predicted octanol–water partition coefficient (Wildman–Crippen LogP) is 4.25. The second-order valence-corrected chi connectivity index (χ2v) is 6.37. The maximum atomic E-state index is 12.4. The summed E-state index contributed by atoms with van der Waals surface area (Å²) < 4.78 is 11.3. The fourth-order valence-corrected chi connectivity index (χ4v) is 3.45. The van der Waals surface area contributed by atoms with Crippen LogP contribution in [0.1, 0.15) is 44.9 Å². The molecule has 1 aromatic heterocycles. The van der Waals surface area contributed by atoms with Crippen molar-refractivity contribution in [3.05, 3.63) is 69.0 Å². The van der Waals surface area contributed by atoms with E-state index in [4.69, 9.17) is 9.15 Å². The average Bonchev–Trinajstić information content (AvgIpc) is 3.06. The Morgan fingerprint density at radius 1 is 1.11 bits per heavy atom. The van der Waals surface area contributed by atoms with Gasteiger partial charge in [0.15, 0.2) is 6.29 Å². The normalized spacial score (nSPS) is 13.2. The largest absolute Gasteiger partial charge is 0.461 e. The van der Waals surface area contributed by atoms with Gasteiger partial charge in [-0.3, -0.25) is 14.9 Å². The standard InChI is InChI=1S/C20H15NO6/c22-11-15-17(27-20(23)12-5-7-13(8-6-12)21(24)25)9-10-18-19(15)14-3-1-2-4-16(14)26-18/h5-11H,1-4H2. The van der Waals surface area contributed by atoms with Crippen molar-refractivity contribution in [3.63, 3.8) is 0 Å². The molecule has 27 heavy (non-hydrogen) atoms. The molecule has 0 fully saturated rings. The van der Waals surface area contributed by atoms with Crippen molar-refractivity contribution >= 4 is 28.9 Å². The van der Waals surface area contributed by atoms with Gasteiger partial charge >= 0.3 is 5.97 Å². The van der Waals surface area contributed by atoms with Crippen molar-refractivity contribution in [1.82, 2.24) is 0 Å². The first-order valence-corrected chi connectivity index (χ1v) is 8.57. The Morgan fingerprint density at radius 3 is 2.56 bits per heavy atom. The highest BCUT2D eigenvalue weighted by atomic mass is 16.6. The quantitative estimate of drug-likeness (QED) is 0.225. The van der Waals surface area contributed by atoms with E-state index in [1.807, 2.05) is 0 Å². The van der Waals surface area contributed by atoms with Crippen molar-refractivity contribution < 1.29 is 23.7 Å². The Kier molecular flexibility index (Phi) is 4.19. The Labute approximate surface area is 153 Å². The second-order valence-electron chi connectivity index (χ2n) is 6.37. The topological polar surface area (TPSA) is 99.7 Å². The SMILES string of the molecule is O=Cc1c(OC(=O)c2ccc([N+](=O)[O-])cc2)ccc2oc3c(c12)CCCC3. The van der Waals surface area contributed by atoms with Crippen molar-refractivity contribution in [2.45, 2.75) is 25.7 Å². The Hall–Kier alpha value is -3.48. The molecule has 0 N–H and O–H groups in total. The lowest BCUT2D eigenvalue weighted by molar-refractivity contribution is -0.384. The summed E-state index contributed by atoms with van der Waals surface area (Å²) in [6.45, 7) is 0. The summed E-state index contributed by atoms with van der Waals surface area (Å²) in [4.78, 5) is 34.3. The Bertz CT molecular complexity index is 1060. The van der Waals surface area contributed by atoms with E-state index in [-0.39, 0.29) is 22.6 Å². The van der Waals surface area contributed by atoms with Crippen LogP contribution >= 0.6 is 0 Å². The number of aryl methyl sites for hydroxylation is 2. The monoisotopic (exact) mass is 365 g/mol. The highest BCUT2D eigenvalue weighted by molar-refractivity contribution is 6.03. The molecule has 7 nitrogen and oxygen atoms in total. The van der Waals surface area contributed by atoms with E-state index in [0.29, 0.717) is 17.3 Å². The number of nitro groups is 1. The number of non-ortho nitro benzene ring substituents is 1. The number of hydrogen-bond donors (Lipinski definition) is 0. The van der Waals surface area contributed by atoms with Gasteiger partial charge in [-0.05, 0) is 43.5 Å². The highest BCUT2D eigenvalue weighted by Crippen LogP contribution is 2.37. The molecule has 0 aliphatic heterocycles. The summed E-state index contributed by atoms with van der Waals surface area (Å²) in [5.41, 5.74) is 1.94. The van der Waals surface area contributed by atoms with Gasteiger partial charge < -0.3 is 9.15 Å². The van der Waals surface area contributed by atoms with Crippen LogP contribution in [-0.4, -0.2) is 17.2 Å². The van der Waals surface area contributed by atoms with Crippen LogP contribution in [0.3, 0.4) is 0 Å². The van der Waals surface area contributed by atoms with Crippen LogP contribution in [0, 0.1) is 10.1 Å². The predicted molar refractivity (Wildman–Crippen MR) is 96.3 cm³/mol. The van der Waals surface area contributed by atoms with Crippen molar-refractivity contribution in [1.29, 1.82) is 0 Å². The maximum Gasteiger partial charge on any atom is 0.343 e. The summed E-state index contributed by atoms with van der Waals surface area (Å²) in [5, 5.41) is 11.4. The molecule has 0 bridgehead atoms. The average molecular weight is 365 g/mol. The summed E-state index contributed by atoms with van der Waals surface area (Å²) in [7, 11) is 0. The minimum absolute atomic E-state index is 0.119. The smallest absolute Gasteiger partial charge is 0.343 e. The van der Waals surface area contributed by atoms with E-state index in [0.717, 1.165) is 37.0 Å². The number of nitro benzene ring substituents is 1. The number of fused-ring (bicyclic) bond motifs is 3. The third-order valence-electron chi connectivity index (χ3n) is 4.75. The summed E-state index contributed by atoms with van der Waals surface area (Å²) in [5.74, 6) is 0.345. The Morgan fingerprint density at radius 2 is 1.85 bits per heavy atom. The number of rotatable bonds is 4. The van der Waals surface area contributed by atoms with Gasteiger partial charge in [0, 0.05) is 29.5 Å². The molecule has 0 radical (unpaired) electrons. The fraction of sp³-hybridized carbons (Fsp3) is 0.200. The zero-order chi connectivity index (χ0) is 19.0. The number of carbonyl (C=O) groups is 2. The van der Waals surface area contributed by atoms with Gasteiger partial charge in [-0.25, -0.2) is 4.79 Å². The number of esters is 1. The first kappa shape index (κ1) is 17.0. The number of benzene rings is 2. The lowest BCUT2D eigenvalue weighted by Gasteiger charge is -2.11. The molecule has 1 aliphatic rings. The van der Waals surface area contributed by atoms with E-state index in [2.05, 4.69) is 0 Å². The summed E-state index contributed by atoms with van der Waals surface area (Å²) >= 11 is 0.